The maximum atomic E-state index is 12.5. The smallest absolute Gasteiger partial charge is 0.274 e. The van der Waals surface area contributed by atoms with Crippen molar-refractivity contribution in [2.75, 3.05) is 30.9 Å². The molecule has 0 saturated carbocycles. The first-order chi connectivity index (χ1) is 11.8. The minimum absolute atomic E-state index is 0.0785. The van der Waals surface area contributed by atoms with Gasteiger partial charge in [0.25, 0.3) is 5.91 Å². The minimum atomic E-state index is -0.260. The van der Waals surface area contributed by atoms with E-state index in [1.54, 1.807) is 13.2 Å². The first-order valence-electron chi connectivity index (χ1n) is 8.30. The lowest BCUT2D eigenvalue weighted by Crippen LogP contribution is -2.17. The predicted octanol–water partition coefficient (Wildman–Crippen LogP) is 3.39. The Hall–Kier alpha value is -2.47. The van der Waals surface area contributed by atoms with Gasteiger partial charge in [0.1, 0.15) is 5.69 Å². The Morgan fingerprint density at radius 1 is 1.16 bits per heavy atom. The molecule has 0 bridgehead atoms. The molecule has 0 unspecified atom stereocenters. The molecule has 0 saturated heterocycles. The highest BCUT2D eigenvalue weighted by Gasteiger charge is 2.14. The number of nitrogens with one attached hydrogen (secondary N) is 2. The van der Waals surface area contributed by atoms with E-state index < -0.39 is 0 Å². The van der Waals surface area contributed by atoms with Crippen LogP contribution in [0.3, 0.4) is 0 Å². The molecule has 2 N–H and O–H groups in total. The average Bonchev–Trinajstić information content (AvgIpc) is 2.54. The number of benzene rings is 1. The highest BCUT2D eigenvalue weighted by Crippen LogP contribution is 2.23. The van der Waals surface area contributed by atoms with Crippen molar-refractivity contribution in [2.45, 2.75) is 33.1 Å². The number of aromatic nitrogens is 2. The number of methoxy groups -OCH3 is 1. The second kappa shape index (κ2) is 8.07. The summed E-state index contributed by atoms with van der Waals surface area (Å²) in [6.45, 7) is 9.42. The number of rotatable bonds is 6. The van der Waals surface area contributed by atoms with E-state index in [1.807, 2.05) is 31.2 Å². The molecule has 0 atom stereocenters. The third-order valence-corrected chi connectivity index (χ3v) is 3.68. The van der Waals surface area contributed by atoms with Gasteiger partial charge in [-0.25, -0.2) is 9.97 Å². The second-order valence-corrected chi connectivity index (χ2v) is 6.92. The Morgan fingerprint density at radius 3 is 2.44 bits per heavy atom. The van der Waals surface area contributed by atoms with E-state index in [9.17, 15) is 4.79 Å². The van der Waals surface area contributed by atoms with E-state index in [4.69, 9.17) is 4.74 Å². The highest BCUT2D eigenvalue weighted by atomic mass is 16.5. The Balaban J connectivity index is 2.09. The van der Waals surface area contributed by atoms with Gasteiger partial charge in [-0.05, 0) is 36.1 Å². The van der Waals surface area contributed by atoms with E-state index >= 15 is 0 Å². The molecule has 0 spiro atoms. The maximum Gasteiger partial charge on any atom is 0.274 e. The quantitative estimate of drug-likeness (QED) is 0.787. The normalized spacial score (nSPS) is 11.2. The van der Waals surface area contributed by atoms with Crippen molar-refractivity contribution in [1.29, 1.82) is 0 Å². The molecular weight excluding hydrogens is 316 g/mol. The molecular formula is C19H26N4O2. The molecule has 0 radical (unpaired) electrons. The summed E-state index contributed by atoms with van der Waals surface area (Å²) in [5.74, 6) is 0.161. The highest BCUT2D eigenvalue weighted by molar-refractivity contribution is 6.03. The van der Waals surface area contributed by atoms with Crippen LogP contribution in [0.1, 0.15) is 42.5 Å². The Labute approximate surface area is 149 Å². The van der Waals surface area contributed by atoms with Gasteiger partial charge in [-0.15, -0.1) is 0 Å². The van der Waals surface area contributed by atoms with Gasteiger partial charge in [-0.2, -0.15) is 0 Å². The number of amides is 1. The number of nitrogens with zero attached hydrogens (tertiary/aromatic N) is 2. The van der Waals surface area contributed by atoms with Crippen molar-refractivity contribution >= 4 is 17.5 Å². The summed E-state index contributed by atoms with van der Waals surface area (Å²) in [6, 6.07) is 9.53. The first-order valence-corrected chi connectivity index (χ1v) is 8.30. The molecule has 1 aromatic carbocycles. The standard InChI is InChI=1S/C19H26N4O2/c1-13-12-16(23-18(21-13)20-10-11-25-5)17(24)22-15-8-6-14(7-9-15)19(2,3)4/h6-9,12H,10-11H2,1-5H3,(H,22,24)(H,20,21,23). The summed E-state index contributed by atoms with van der Waals surface area (Å²) in [5.41, 5.74) is 3.08. The Bertz CT molecular complexity index is 721. The third kappa shape index (κ3) is 5.53. The number of carbonyl (C=O) groups excluding carboxylic acids is 1. The van der Waals surface area contributed by atoms with E-state index in [2.05, 4.69) is 41.4 Å². The Morgan fingerprint density at radius 2 is 1.84 bits per heavy atom. The van der Waals surface area contributed by atoms with Crippen molar-refractivity contribution in [1.82, 2.24) is 9.97 Å². The molecule has 1 aromatic heterocycles. The van der Waals surface area contributed by atoms with Gasteiger partial charge in [-0.3, -0.25) is 4.79 Å². The van der Waals surface area contributed by atoms with Gasteiger partial charge < -0.3 is 15.4 Å². The SMILES string of the molecule is COCCNc1nc(C)cc(C(=O)Nc2ccc(C(C)(C)C)cc2)n1. The van der Waals surface area contributed by atoms with E-state index in [0.29, 0.717) is 24.8 Å². The molecule has 6 heteroatoms. The fraction of sp³-hybridized carbons (Fsp3) is 0.421. The van der Waals surface area contributed by atoms with Crippen LogP contribution in [0.2, 0.25) is 0 Å². The lowest BCUT2D eigenvalue weighted by Gasteiger charge is -2.19. The molecule has 1 amide bonds. The molecule has 0 aliphatic carbocycles. The fourth-order valence-corrected chi connectivity index (χ4v) is 2.28. The number of carbonyl (C=O) groups is 1. The van der Waals surface area contributed by atoms with Crippen LogP contribution in [0.4, 0.5) is 11.6 Å². The topological polar surface area (TPSA) is 76.1 Å². The summed E-state index contributed by atoms with van der Waals surface area (Å²) in [7, 11) is 1.63. The van der Waals surface area contributed by atoms with Crippen LogP contribution in [-0.2, 0) is 10.2 Å². The predicted molar refractivity (Wildman–Crippen MR) is 100 cm³/mol. The van der Waals surface area contributed by atoms with Gasteiger partial charge >= 0.3 is 0 Å². The van der Waals surface area contributed by atoms with E-state index in [-0.39, 0.29) is 11.3 Å². The lowest BCUT2D eigenvalue weighted by molar-refractivity contribution is 0.102. The number of aryl methyl sites for hydroxylation is 1. The molecule has 0 fully saturated rings. The van der Waals surface area contributed by atoms with Crippen LogP contribution in [-0.4, -0.2) is 36.1 Å². The van der Waals surface area contributed by atoms with Crippen LogP contribution < -0.4 is 10.6 Å². The summed E-state index contributed by atoms with van der Waals surface area (Å²) < 4.78 is 4.99. The van der Waals surface area contributed by atoms with Crippen molar-refractivity contribution in [2.24, 2.45) is 0 Å². The summed E-state index contributed by atoms with van der Waals surface area (Å²) in [4.78, 5) is 21.0. The molecule has 0 aliphatic heterocycles. The zero-order chi connectivity index (χ0) is 18.4. The average molecular weight is 342 g/mol. The van der Waals surface area contributed by atoms with Gasteiger partial charge in [0.2, 0.25) is 5.95 Å². The summed E-state index contributed by atoms with van der Waals surface area (Å²) in [5, 5.41) is 5.92. The van der Waals surface area contributed by atoms with Crippen LogP contribution in [0.5, 0.6) is 0 Å². The first kappa shape index (κ1) is 18.9. The molecule has 0 aliphatic rings. The van der Waals surface area contributed by atoms with E-state index in [0.717, 1.165) is 11.4 Å². The number of hydrogen-bond acceptors (Lipinski definition) is 5. The second-order valence-electron chi connectivity index (χ2n) is 6.92. The zero-order valence-electron chi connectivity index (χ0n) is 15.5. The summed E-state index contributed by atoms with van der Waals surface area (Å²) in [6.07, 6.45) is 0. The van der Waals surface area contributed by atoms with Gasteiger partial charge in [0, 0.05) is 25.0 Å². The van der Waals surface area contributed by atoms with Crippen molar-refractivity contribution < 1.29 is 9.53 Å². The van der Waals surface area contributed by atoms with Crippen molar-refractivity contribution in [3.8, 4) is 0 Å². The lowest BCUT2D eigenvalue weighted by atomic mass is 9.87. The molecule has 6 nitrogen and oxygen atoms in total. The molecule has 25 heavy (non-hydrogen) atoms. The van der Waals surface area contributed by atoms with Crippen LogP contribution >= 0.6 is 0 Å². The van der Waals surface area contributed by atoms with Gasteiger partial charge in [-0.1, -0.05) is 32.9 Å². The fourth-order valence-electron chi connectivity index (χ4n) is 2.28. The maximum absolute atomic E-state index is 12.5. The van der Waals surface area contributed by atoms with Crippen LogP contribution in [0.15, 0.2) is 30.3 Å². The van der Waals surface area contributed by atoms with Crippen LogP contribution in [0.25, 0.3) is 0 Å². The number of anilines is 2. The number of ether oxygens (including phenoxy) is 1. The largest absolute Gasteiger partial charge is 0.383 e. The summed E-state index contributed by atoms with van der Waals surface area (Å²) >= 11 is 0. The van der Waals surface area contributed by atoms with Gasteiger partial charge in [0.15, 0.2) is 0 Å². The molecule has 134 valence electrons. The molecule has 2 rings (SSSR count). The third-order valence-electron chi connectivity index (χ3n) is 3.68. The monoisotopic (exact) mass is 342 g/mol. The minimum Gasteiger partial charge on any atom is -0.383 e. The molecule has 2 aromatic rings. The van der Waals surface area contributed by atoms with Crippen molar-refractivity contribution in [3.05, 3.63) is 47.3 Å². The van der Waals surface area contributed by atoms with Gasteiger partial charge in [0.05, 0.1) is 6.61 Å². The van der Waals surface area contributed by atoms with E-state index in [1.165, 1.54) is 5.56 Å². The Kier molecular flexibility index (Phi) is 6.09. The van der Waals surface area contributed by atoms with Crippen LogP contribution in [0, 0.1) is 6.92 Å². The van der Waals surface area contributed by atoms with Crippen molar-refractivity contribution in [3.63, 3.8) is 0 Å². The number of hydrogen-bond donors (Lipinski definition) is 2. The zero-order valence-corrected chi connectivity index (χ0v) is 15.5. The molecule has 1 heterocycles.